The van der Waals surface area contributed by atoms with Crippen LogP contribution in [-0.4, -0.2) is 32.0 Å². The zero-order valence-electron chi connectivity index (χ0n) is 12.2. The van der Waals surface area contributed by atoms with Gasteiger partial charge in [-0.1, -0.05) is 29.3 Å². The van der Waals surface area contributed by atoms with Crippen LogP contribution in [0.25, 0.3) is 10.9 Å². The normalized spacial score (nSPS) is 11.0. The van der Waals surface area contributed by atoms with Gasteiger partial charge in [0.15, 0.2) is 0 Å². The molecule has 0 atom stereocenters. The van der Waals surface area contributed by atoms with E-state index in [2.05, 4.69) is 15.5 Å². The van der Waals surface area contributed by atoms with E-state index in [0.717, 1.165) is 10.9 Å². The Kier molecular flexibility index (Phi) is 4.83. The Morgan fingerprint density at radius 1 is 1.17 bits per heavy atom. The summed E-state index contributed by atoms with van der Waals surface area (Å²) in [7, 11) is 0. The van der Waals surface area contributed by atoms with Gasteiger partial charge in [-0.25, -0.2) is 0 Å². The predicted octanol–water partition coefficient (Wildman–Crippen LogP) is 2.75. The van der Waals surface area contributed by atoms with Crippen molar-refractivity contribution in [1.82, 2.24) is 24.9 Å². The minimum absolute atomic E-state index is 0.0334. The van der Waals surface area contributed by atoms with Crippen LogP contribution < -0.4 is 5.32 Å². The molecule has 23 heavy (non-hydrogen) atoms. The lowest BCUT2D eigenvalue weighted by Crippen LogP contribution is -2.28. The molecule has 6 nitrogen and oxygen atoms in total. The molecule has 2 heterocycles. The van der Waals surface area contributed by atoms with Crippen molar-refractivity contribution in [2.24, 2.45) is 0 Å². The maximum absolute atomic E-state index is 11.9. The van der Waals surface area contributed by atoms with E-state index in [1.807, 2.05) is 18.2 Å². The van der Waals surface area contributed by atoms with Crippen LogP contribution >= 0.6 is 23.2 Å². The first kappa shape index (κ1) is 15.8. The summed E-state index contributed by atoms with van der Waals surface area (Å²) >= 11 is 11.9. The number of aromatic nitrogens is 4. The van der Waals surface area contributed by atoms with Gasteiger partial charge in [0, 0.05) is 24.5 Å². The van der Waals surface area contributed by atoms with Gasteiger partial charge in [-0.3, -0.25) is 14.2 Å². The second-order valence-corrected chi connectivity index (χ2v) is 5.91. The van der Waals surface area contributed by atoms with E-state index in [9.17, 15) is 4.79 Å². The fraction of sp³-hybridized carbons (Fsp3) is 0.267. The number of nitrogens with zero attached hydrogens (tertiary/aromatic N) is 4. The van der Waals surface area contributed by atoms with Gasteiger partial charge in [-0.15, -0.1) is 0 Å². The lowest BCUT2D eigenvalue weighted by atomic mass is 10.2. The Hall–Kier alpha value is -2.05. The number of fused-ring (bicyclic) bond motifs is 1. The lowest BCUT2D eigenvalue weighted by Gasteiger charge is -2.06. The second-order valence-electron chi connectivity index (χ2n) is 5.06. The van der Waals surface area contributed by atoms with E-state index in [4.69, 9.17) is 23.2 Å². The molecule has 0 radical (unpaired) electrons. The number of benzene rings is 1. The van der Waals surface area contributed by atoms with Gasteiger partial charge in [0.05, 0.1) is 41.0 Å². The van der Waals surface area contributed by atoms with Gasteiger partial charge < -0.3 is 5.32 Å². The zero-order valence-corrected chi connectivity index (χ0v) is 13.8. The van der Waals surface area contributed by atoms with Crippen LogP contribution in [0, 0.1) is 0 Å². The molecule has 0 aliphatic rings. The van der Waals surface area contributed by atoms with Crippen LogP contribution in [0.2, 0.25) is 10.0 Å². The molecular weight excluding hydrogens is 337 g/mol. The van der Waals surface area contributed by atoms with Crippen molar-refractivity contribution in [3.63, 3.8) is 0 Å². The second kappa shape index (κ2) is 7.02. The Bertz CT molecular complexity index is 826. The van der Waals surface area contributed by atoms with E-state index >= 15 is 0 Å². The topological polar surface area (TPSA) is 64.7 Å². The molecule has 1 aromatic carbocycles. The molecule has 0 saturated heterocycles. The van der Waals surface area contributed by atoms with Gasteiger partial charge >= 0.3 is 0 Å². The maximum atomic E-state index is 11.9. The fourth-order valence-corrected chi connectivity index (χ4v) is 2.69. The van der Waals surface area contributed by atoms with Gasteiger partial charge in [-0.2, -0.15) is 10.2 Å². The Morgan fingerprint density at radius 2 is 2.04 bits per heavy atom. The van der Waals surface area contributed by atoms with Crippen LogP contribution in [0.1, 0.15) is 6.42 Å². The number of hydrogen-bond donors (Lipinski definition) is 1. The standard InChI is InChI=1S/C15H15Cl2N5O/c16-11-8-19-21(10-11)7-5-18-15(23)4-6-22-14-3-1-2-13(17)12(14)9-20-22/h1-3,8-10H,4-7H2,(H,18,23). The zero-order chi connectivity index (χ0) is 16.2. The molecule has 0 fully saturated rings. The molecule has 1 N–H and O–H groups in total. The molecule has 1 amide bonds. The molecular formula is C15H15Cl2N5O. The van der Waals surface area contributed by atoms with Crippen molar-refractivity contribution in [3.8, 4) is 0 Å². The molecule has 8 heteroatoms. The number of amides is 1. The molecule has 0 saturated carbocycles. The first-order valence-electron chi connectivity index (χ1n) is 7.18. The van der Waals surface area contributed by atoms with E-state index in [0.29, 0.717) is 36.1 Å². The number of hydrogen-bond acceptors (Lipinski definition) is 3. The quantitative estimate of drug-likeness (QED) is 0.742. The summed E-state index contributed by atoms with van der Waals surface area (Å²) in [5.74, 6) is -0.0334. The number of rotatable bonds is 6. The SMILES string of the molecule is O=C(CCn1ncc2c(Cl)cccc21)NCCn1cc(Cl)cn1. The third kappa shape index (κ3) is 3.83. The highest BCUT2D eigenvalue weighted by atomic mass is 35.5. The molecule has 0 spiro atoms. The summed E-state index contributed by atoms with van der Waals surface area (Å²) in [6, 6.07) is 5.63. The first-order valence-corrected chi connectivity index (χ1v) is 7.94. The molecule has 0 aliphatic carbocycles. The Balaban J connectivity index is 1.49. The highest BCUT2D eigenvalue weighted by molar-refractivity contribution is 6.35. The number of aryl methyl sites for hydroxylation is 1. The van der Waals surface area contributed by atoms with Crippen molar-refractivity contribution < 1.29 is 4.79 Å². The van der Waals surface area contributed by atoms with Crippen LogP contribution in [0.4, 0.5) is 0 Å². The lowest BCUT2D eigenvalue weighted by molar-refractivity contribution is -0.121. The van der Waals surface area contributed by atoms with Crippen molar-refractivity contribution in [2.45, 2.75) is 19.5 Å². The van der Waals surface area contributed by atoms with Crippen molar-refractivity contribution in [1.29, 1.82) is 0 Å². The number of nitrogens with one attached hydrogen (secondary N) is 1. The highest BCUT2D eigenvalue weighted by Crippen LogP contribution is 2.22. The maximum Gasteiger partial charge on any atom is 0.221 e. The summed E-state index contributed by atoms with van der Waals surface area (Å²) in [6.07, 6.45) is 5.35. The average molecular weight is 352 g/mol. The summed E-state index contributed by atoms with van der Waals surface area (Å²) in [5.41, 5.74) is 0.927. The minimum Gasteiger partial charge on any atom is -0.354 e. The highest BCUT2D eigenvalue weighted by Gasteiger charge is 2.07. The van der Waals surface area contributed by atoms with Gasteiger partial charge in [0.25, 0.3) is 0 Å². The van der Waals surface area contributed by atoms with Gasteiger partial charge in [0.1, 0.15) is 0 Å². The summed E-state index contributed by atoms with van der Waals surface area (Å²) in [5, 5.41) is 13.3. The molecule has 120 valence electrons. The Morgan fingerprint density at radius 3 is 2.83 bits per heavy atom. The van der Waals surface area contributed by atoms with E-state index in [1.54, 1.807) is 28.0 Å². The van der Waals surface area contributed by atoms with Gasteiger partial charge in [0.2, 0.25) is 5.91 Å². The van der Waals surface area contributed by atoms with E-state index in [-0.39, 0.29) is 5.91 Å². The summed E-state index contributed by atoms with van der Waals surface area (Å²) in [4.78, 5) is 11.9. The molecule has 0 unspecified atom stereocenters. The molecule has 2 aromatic heterocycles. The fourth-order valence-electron chi connectivity index (χ4n) is 2.31. The average Bonchev–Trinajstić information content (AvgIpc) is 3.12. The third-order valence-corrected chi connectivity index (χ3v) is 3.97. The van der Waals surface area contributed by atoms with Crippen LogP contribution in [-0.2, 0) is 17.9 Å². The van der Waals surface area contributed by atoms with Crippen LogP contribution in [0.15, 0.2) is 36.8 Å². The number of carbonyl (C=O) groups excluding carboxylic acids is 1. The van der Waals surface area contributed by atoms with Crippen LogP contribution in [0.3, 0.4) is 0 Å². The molecule has 0 aliphatic heterocycles. The largest absolute Gasteiger partial charge is 0.354 e. The van der Waals surface area contributed by atoms with Crippen molar-refractivity contribution >= 4 is 40.0 Å². The molecule has 3 rings (SSSR count). The molecule has 3 aromatic rings. The monoisotopic (exact) mass is 351 g/mol. The number of halogens is 2. The Labute approximate surface area is 143 Å². The predicted molar refractivity (Wildman–Crippen MR) is 89.6 cm³/mol. The van der Waals surface area contributed by atoms with Crippen molar-refractivity contribution in [2.75, 3.05) is 6.54 Å². The van der Waals surface area contributed by atoms with Crippen LogP contribution in [0.5, 0.6) is 0 Å². The smallest absolute Gasteiger partial charge is 0.221 e. The van der Waals surface area contributed by atoms with Gasteiger partial charge in [-0.05, 0) is 12.1 Å². The van der Waals surface area contributed by atoms with E-state index < -0.39 is 0 Å². The first-order chi connectivity index (χ1) is 11.1. The summed E-state index contributed by atoms with van der Waals surface area (Å²) < 4.78 is 3.47. The minimum atomic E-state index is -0.0334. The number of carbonyl (C=O) groups is 1. The van der Waals surface area contributed by atoms with E-state index in [1.165, 1.54) is 0 Å². The molecule has 0 bridgehead atoms. The third-order valence-electron chi connectivity index (χ3n) is 3.45. The summed E-state index contributed by atoms with van der Waals surface area (Å²) in [6.45, 7) is 1.59. The van der Waals surface area contributed by atoms with Crippen molar-refractivity contribution in [3.05, 3.63) is 46.8 Å².